The first kappa shape index (κ1) is 16.4. The molecule has 6 heteroatoms. The normalized spacial score (nSPS) is 11.7. The summed E-state index contributed by atoms with van der Waals surface area (Å²) in [5.41, 5.74) is 6.70. The smallest absolute Gasteiger partial charge is 0.248 e. The summed E-state index contributed by atoms with van der Waals surface area (Å²) in [6.45, 7) is 0.0111. The zero-order valence-electron chi connectivity index (χ0n) is 15.0. The summed E-state index contributed by atoms with van der Waals surface area (Å²) in [7, 11) is 0. The molecule has 1 N–H and O–H groups in total. The molecule has 28 heavy (non-hydrogen) atoms. The van der Waals surface area contributed by atoms with Crippen molar-refractivity contribution in [3.05, 3.63) is 83.9 Å². The lowest BCUT2D eigenvalue weighted by Crippen LogP contribution is -2.20. The van der Waals surface area contributed by atoms with Gasteiger partial charge in [0.15, 0.2) is 0 Å². The summed E-state index contributed by atoms with van der Waals surface area (Å²) < 4.78 is 0. The van der Waals surface area contributed by atoms with Crippen LogP contribution in [0.3, 0.4) is 0 Å². The third-order valence-electron chi connectivity index (χ3n) is 4.85. The zero-order chi connectivity index (χ0) is 18.9. The monoisotopic (exact) mass is 367 g/mol. The van der Waals surface area contributed by atoms with Crippen molar-refractivity contribution in [3.8, 4) is 22.5 Å². The average molecular weight is 367 g/mol. The quantitative estimate of drug-likeness (QED) is 0.527. The van der Waals surface area contributed by atoms with Gasteiger partial charge in [0.2, 0.25) is 11.7 Å². The van der Waals surface area contributed by atoms with Crippen LogP contribution >= 0.6 is 0 Å². The molecule has 1 aliphatic carbocycles. The van der Waals surface area contributed by atoms with Crippen molar-refractivity contribution in [2.75, 3.05) is 5.32 Å². The van der Waals surface area contributed by atoms with E-state index in [1.54, 1.807) is 0 Å². The maximum atomic E-state index is 12.4. The van der Waals surface area contributed by atoms with Gasteiger partial charge in [-0.05, 0) is 46.0 Å². The van der Waals surface area contributed by atoms with Crippen LogP contribution in [0.25, 0.3) is 22.5 Å². The molecule has 0 radical (unpaired) electrons. The summed E-state index contributed by atoms with van der Waals surface area (Å²) >= 11 is 0. The Labute approximate surface area is 161 Å². The van der Waals surface area contributed by atoms with E-state index in [9.17, 15) is 4.79 Å². The van der Waals surface area contributed by atoms with E-state index in [4.69, 9.17) is 0 Å². The summed E-state index contributed by atoms with van der Waals surface area (Å²) in [4.78, 5) is 13.7. The second-order valence-electron chi connectivity index (χ2n) is 6.76. The summed E-state index contributed by atoms with van der Waals surface area (Å²) in [5, 5.41) is 15.2. The predicted octanol–water partition coefficient (Wildman–Crippen LogP) is 3.55. The zero-order valence-corrected chi connectivity index (χ0v) is 15.0. The van der Waals surface area contributed by atoms with Crippen LogP contribution in [0.5, 0.6) is 0 Å². The molecular weight excluding hydrogens is 350 g/mol. The van der Waals surface area contributed by atoms with Gasteiger partial charge in [-0.15, -0.1) is 10.2 Å². The highest BCUT2D eigenvalue weighted by Crippen LogP contribution is 2.37. The minimum absolute atomic E-state index is 0.0111. The highest BCUT2D eigenvalue weighted by molar-refractivity contribution is 5.91. The number of amides is 1. The van der Waals surface area contributed by atoms with Gasteiger partial charge >= 0.3 is 0 Å². The van der Waals surface area contributed by atoms with Gasteiger partial charge in [-0.3, -0.25) is 4.79 Å². The lowest BCUT2D eigenvalue weighted by atomic mass is 10.1. The molecule has 1 aromatic heterocycles. The van der Waals surface area contributed by atoms with Crippen molar-refractivity contribution in [1.29, 1.82) is 0 Å². The molecule has 0 unspecified atom stereocenters. The maximum absolute atomic E-state index is 12.4. The van der Waals surface area contributed by atoms with E-state index in [1.807, 2.05) is 42.5 Å². The number of carbonyl (C=O) groups is 1. The number of benzene rings is 3. The molecule has 5 rings (SSSR count). The maximum Gasteiger partial charge on any atom is 0.248 e. The number of hydrogen-bond donors (Lipinski definition) is 1. The summed E-state index contributed by atoms with van der Waals surface area (Å²) in [6, 6.07) is 24.0. The molecule has 0 saturated carbocycles. The fraction of sp³-hybridized carbons (Fsp3) is 0.0909. The number of aromatic nitrogens is 4. The highest BCUT2D eigenvalue weighted by Gasteiger charge is 2.18. The largest absolute Gasteiger partial charge is 0.324 e. The van der Waals surface area contributed by atoms with E-state index in [0.29, 0.717) is 5.82 Å². The molecule has 3 aromatic carbocycles. The van der Waals surface area contributed by atoms with E-state index in [1.165, 1.54) is 27.1 Å². The summed E-state index contributed by atoms with van der Waals surface area (Å²) in [5.74, 6) is 0.316. The first-order valence-corrected chi connectivity index (χ1v) is 9.10. The Morgan fingerprint density at radius 2 is 1.71 bits per heavy atom. The molecular formula is C22H17N5O. The lowest BCUT2D eigenvalue weighted by Gasteiger charge is -2.07. The standard InChI is InChI=1S/C22H17N5O/c28-21(14-27-25-22(24-26-27)15-6-2-1-3-7-15)23-18-10-11-20-17(13-18)12-16-8-4-5-9-19(16)20/h1-11,13H,12,14H2,(H,23,28). The lowest BCUT2D eigenvalue weighted by molar-refractivity contribution is -0.117. The van der Waals surface area contributed by atoms with Gasteiger partial charge in [0, 0.05) is 11.3 Å². The van der Waals surface area contributed by atoms with Crippen molar-refractivity contribution in [2.24, 2.45) is 0 Å². The molecule has 1 aliphatic rings. The van der Waals surface area contributed by atoms with Crippen molar-refractivity contribution in [2.45, 2.75) is 13.0 Å². The SMILES string of the molecule is O=C(Cn1nnc(-c2ccccc2)n1)Nc1ccc2c(c1)Cc1ccccc1-2. The Morgan fingerprint density at radius 3 is 2.61 bits per heavy atom. The van der Waals surface area contributed by atoms with Crippen LogP contribution in [0.15, 0.2) is 72.8 Å². The Balaban J connectivity index is 1.28. The number of anilines is 1. The number of rotatable bonds is 4. The van der Waals surface area contributed by atoms with Crippen molar-refractivity contribution < 1.29 is 4.79 Å². The van der Waals surface area contributed by atoms with E-state index in [0.717, 1.165) is 17.7 Å². The van der Waals surface area contributed by atoms with Gasteiger partial charge in [-0.2, -0.15) is 4.80 Å². The minimum atomic E-state index is -0.188. The first-order chi connectivity index (χ1) is 13.8. The van der Waals surface area contributed by atoms with Crippen LogP contribution in [0.2, 0.25) is 0 Å². The molecule has 1 heterocycles. The highest BCUT2D eigenvalue weighted by atomic mass is 16.2. The third-order valence-corrected chi connectivity index (χ3v) is 4.85. The molecule has 136 valence electrons. The second kappa shape index (κ2) is 6.74. The number of carbonyl (C=O) groups excluding carboxylic acids is 1. The minimum Gasteiger partial charge on any atom is -0.324 e. The molecule has 6 nitrogen and oxygen atoms in total. The average Bonchev–Trinajstić information content (AvgIpc) is 3.32. The van der Waals surface area contributed by atoms with Crippen LogP contribution < -0.4 is 5.32 Å². The molecule has 4 aromatic rings. The Hall–Kier alpha value is -3.80. The summed E-state index contributed by atoms with van der Waals surface area (Å²) in [6.07, 6.45) is 0.889. The van der Waals surface area contributed by atoms with E-state index in [2.05, 4.69) is 51.1 Å². The van der Waals surface area contributed by atoms with Crippen LogP contribution in [-0.2, 0) is 17.8 Å². The number of tetrazole rings is 1. The van der Waals surface area contributed by atoms with E-state index < -0.39 is 0 Å². The molecule has 0 saturated heterocycles. The number of nitrogens with one attached hydrogen (secondary N) is 1. The molecule has 0 spiro atoms. The van der Waals surface area contributed by atoms with Crippen molar-refractivity contribution in [1.82, 2.24) is 20.2 Å². The van der Waals surface area contributed by atoms with Gasteiger partial charge in [0.05, 0.1) is 0 Å². The Morgan fingerprint density at radius 1 is 0.929 bits per heavy atom. The molecule has 0 aliphatic heterocycles. The second-order valence-corrected chi connectivity index (χ2v) is 6.76. The Kier molecular flexibility index (Phi) is 3.94. The van der Waals surface area contributed by atoms with E-state index >= 15 is 0 Å². The topological polar surface area (TPSA) is 72.7 Å². The van der Waals surface area contributed by atoms with Gasteiger partial charge in [-0.25, -0.2) is 0 Å². The van der Waals surface area contributed by atoms with E-state index in [-0.39, 0.29) is 12.5 Å². The Bertz CT molecular complexity index is 1170. The predicted molar refractivity (Wildman–Crippen MR) is 107 cm³/mol. The van der Waals surface area contributed by atoms with Crippen LogP contribution in [0.4, 0.5) is 5.69 Å². The fourth-order valence-electron chi connectivity index (χ4n) is 3.56. The fourth-order valence-corrected chi connectivity index (χ4v) is 3.56. The van der Waals surface area contributed by atoms with Crippen LogP contribution in [0.1, 0.15) is 11.1 Å². The first-order valence-electron chi connectivity index (χ1n) is 9.10. The van der Waals surface area contributed by atoms with Crippen molar-refractivity contribution in [3.63, 3.8) is 0 Å². The van der Waals surface area contributed by atoms with Crippen LogP contribution in [-0.4, -0.2) is 26.1 Å². The molecule has 0 atom stereocenters. The molecule has 0 bridgehead atoms. The van der Waals surface area contributed by atoms with Crippen molar-refractivity contribution >= 4 is 11.6 Å². The van der Waals surface area contributed by atoms with Gasteiger partial charge in [0.1, 0.15) is 6.54 Å². The molecule has 1 amide bonds. The van der Waals surface area contributed by atoms with Gasteiger partial charge in [-0.1, -0.05) is 60.7 Å². The number of hydrogen-bond acceptors (Lipinski definition) is 4. The number of nitrogens with zero attached hydrogens (tertiary/aromatic N) is 4. The van der Waals surface area contributed by atoms with Gasteiger partial charge < -0.3 is 5.32 Å². The van der Waals surface area contributed by atoms with Gasteiger partial charge in [0.25, 0.3) is 0 Å². The molecule has 0 fully saturated rings. The number of fused-ring (bicyclic) bond motifs is 3. The third kappa shape index (κ3) is 3.05. The van der Waals surface area contributed by atoms with Crippen LogP contribution in [0, 0.1) is 0 Å².